The van der Waals surface area contributed by atoms with Crippen LogP contribution in [0.3, 0.4) is 0 Å². The van der Waals surface area contributed by atoms with Crippen LogP contribution in [0.2, 0.25) is 0 Å². The van der Waals surface area contributed by atoms with Crippen LogP contribution in [0.1, 0.15) is 90.1 Å². The topological polar surface area (TPSA) is 48.6 Å². The van der Waals surface area contributed by atoms with Crippen molar-refractivity contribution in [3.8, 4) is 17.3 Å². The van der Waals surface area contributed by atoms with E-state index in [1.807, 2.05) is 19.2 Å². The number of rotatable bonds is 4. The SMILES string of the molecule is Cc1cc(C)c(C2=N[C@H](C(C)(C)C)CO2)[c-]c1Oc1[c-]c2c(cc1)c1cc(C(C)(C)C)ccc1n2-c1cc(C(C)(C)C)ccn1.[Pt+2]. The van der Waals surface area contributed by atoms with E-state index in [0.29, 0.717) is 24.0 Å². The van der Waals surface area contributed by atoms with Gasteiger partial charge in [-0.15, -0.1) is 29.1 Å². The number of ether oxygens (including phenoxy) is 2. The van der Waals surface area contributed by atoms with Gasteiger partial charge in [-0.3, -0.25) is 4.99 Å². The molecule has 242 valence electrons. The molecule has 0 saturated carbocycles. The first kappa shape index (κ1) is 33.9. The van der Waals surface area contributed by atoms with E-state index in [-0.39, 0.29) is 43.4 Å². The summed E-state index contributed by atoms with van der Waals surface area (Å²) in [6.07, 6.45) is 1.90. The Balaban J connectivity index is 0.00000417. The molecule has 1 atom stereocenters. The maximum absolute atomic E-state index is 6.55. The number of aromatic nitrogens is 2. The molecule has 0 saturated heterocycles. The second kappa shape index (κ2) is 12.0. The Morgan fingerprint density at radius 2 is 1.50 bits per heavy atom. The van der Waals surface area contributed by atoms with Crippen LogP contribution >= 0.6 is 0 Å². The summed E-state index contributed by atoms with van der Waals surface area (Å²) in [6.45, 7) is 24.7. The van der Waals surface area contributed by atoms with Gasteiger partial charge in [0.05, 0.1) is 12.6 Å². The molecular formula is C40H45N3O2Pt. The van der Waals surface area contributed by atoms with Crippen molar-refractivity contribution in [1.82, 2.24) is 9.55 Å². The summed E-state index contributed by atoms with van der Waals surface area (Å²) in [7, 11) is 0. The second-order valence-corrected chi connectivity index (χ2v) is 15.6. The number of nitrogens with zero attached hydrogens (tertiary/aromatic N) is 3. The fourth-order valence-electron chi connectivity index (χ4n) is 5.86. The van der Waals surface area contributed by atoms with Crippen molar-refractivity contribution in [2.24, 2.45) is 10.4 Å². The van der Waals surface area contributed by atoms with E-state index < -0.39 is 0 Å². The normalized spacial score (nSPS) is 15.5. The Hall–Kier alpha value is -3.43. The Labute approximate surface area is 288 Å². The Morgan fingerprint density at radius 3 is 2.15 bits per heavy atom. The van der Waals surface area contributed by atoms with Crippen LogP contribution in [-0.2, 0) is 36.6 Å². The molecule has 0 unspecified atom stereocenters. The van der Waals surface area contributed by atoms with E-state index in [1.165, 1.54) is 16.5 Å². The number of hydrogen-bond acceptors (Lipinski definition) is 4. The molecule has 2 aromatic heterocycles. The average Bonchev–Trinajstić information content (AvgIpc) is 3.57. The largest absolute Gasteiger partial charge is 2.00 e. The molecule has 5 aromatic rings. The standard InChI is InChI=1S/C40H45N3O2.Pt/c1-24-18-25(2)34(22-30(24)37-42-35(23-44-37)40(9,10)11)45-28-13-14-29-31-19-26(38(3,4)5)12-15-32(31)43(33(29)21-28)36-20-27(16-17-41-36)39(6,7)8;/h12-20,35H,23H2,1-11H3;/q-2;+2/t35-;/m0./s1. The summed E-state index contributed by atoms with van der Waals surface area (Å²) < 4.78 is 14.8. The molecule has 0 N–H and O–H groups in total. The van der Waals surface area contributed by atoms with Crippen LogP contribution < -0.4 is 4.74 Å². The molecule has 0 radical (unpaired) electrons. The predicted molar refractivity (Wildman–Crippen MR) is 185 cm³/mol. The van der Waals surface area contributed by atoms with Crippen LogP contribution in [0.4, 0.5) is 0 Å². The first-order valence-corrected chi connectivity index (χ1v) is 15.9. The molecular weight excluding hydrogens is 750 g/mol. The van der Waals surface area contributed by atoms with E-state index in [2.05, 4.69) is 128 Å². The number of pyridine rings is 1. The minimum Gasteiger partial charge on any atom is -0.518 e. The van der Waals surface area contributed by atoms with Crippen molar-refractivity contribution in [2.45, 2.75) is 93.0 Å². The van der Waals surface area contributed by atoms with E-state index in [1.54, 1.807) is 0 Å². The van der Waals surface area contributed by atoms with Crippen molar-refractivity contribution >= 4 is 27.7 Å². The third kappa shape index (κ3) is 6.41. The van der Waals surface area contributed by atoms with Gasteiger partial charge in [-0.2, -0.15) is 6.07 Å². The zero-order valence-electron chi connectivity index (χ0n) is 29.0. The van der Waals surface area contributed by atoms with Gasteiger partial charge in [-0.25, -0.2) is 4.98 Å². The van der Waals surface area contributed by atoms with Gasteiger partial charge in [-0.05, 0) is 51.0 Å². The molecule has 0 amide bonds. The van der Waals surface area contributed by atoms with E-state index >= 15 is 0 Å². The molecule has 0 bridgehead atoms. The van der Waals surface area contributed by atoms with Crippen LogP contribution in [0.25, 0.3) is 27.6 Å². The van der Waals surface area contributed by atoms with Crippen molar-refractivity contribution in [3.05, 3.63) is 94.7 Å². The number of fused-ring (bicyclic) bond motifs is 3. The molecule has 1 aliphatic heterocycles. The second-order valence-electron chi connectivity index (χ2n) is 15.6. The van der Waals surface area contributed by atoms with E-state index in [4.69, 9.17) is 19.5 Å². The maximum atomic E-state index is 6.55. The fraction of sp³-hybridized carbons (Fsp3) is 0.400. The summed E-state index contributed by atoms with van der Waals surface area (Å²) in [5, 5.41) is 2.28. The molecule has 6 rings (SSSR count). The van der Waals surface area contributed by atoms with Gasteiger partial charge in [0.25, 0.3) is 0 Å². The zero-order chi connectivity index (χ0) is 32.5. The summed E-state index contributed by atoms with van der Waals surface area (Å²) in [5.74, 6) is 2.76. The fourth-order valence-corrected chi connectivity index (χ4v) is 5.86. The summed E-state index contributed by atoms with van der Waals surface area (Å²) >= 11 is 0. The summed E-state index contributed by atoms with van der Waals surface area (Å²) in [5.41, 5.74) is 7.47. The van der Waals surface area contributed by atoms with Crippen molar-refractivity contribution in [1.29, 1.82) is 0 Å². The summed E-state index contributed by atoms with van der Waals surface area (Å²) in [6, 6.07) is 24.5. The third-order valence-corrected chi connectivity index (χ3v) is 8.86. The number of benzene rings is 3. The van der Waals surface area contributed by atoms with Gasteiger partial charge in [0.15, 0.2) is 0 Å². The average molecular weight is 795 g/mol. The summed E-state index contributed by atoms with van der Waals surface area (Å²) in [4.78, 5) is 9.77. The van der Waals surface area contributed by atoms with Crippen LogP contribution in [0, 0.1) is 31.4 Å². The van der Waals surface area contributed by atoms with Gasteiger partial charge in [0, 0.05) is 23.2 Å². The van der Waals surface area contributed by atoms with Crippen LogP contribution in [-0.4, -0.2) is 28.1 Å². The molecule has 1 aliphatic rings. The molecule has 0 spiro atoms. The van der Waals surface area contributed by atoms with Crippen molar-refractivity contribution in [3.63, 3.8) is 0 Å². The van der Waals surface area contributed by atoms with Crippen LogP contribution in [0.5, 0.6) is 11.5 Å². The monoisotopic (exact) mass is 794 g/mol. The number of aryl methyl sites for hydroxylation is 2. The molecule has 46 heavy (non-hydrogen) atoms. The van der Waals surface area contributed by atoms with Crippen LogP contribution in [0.15, 0.2) is 59.7 Å². The van der Waals surface area contributed by atoms with Gasteiger partial charge in [0.1, 0.15) is 11.7 Å². The first-order chi connectivity index (χ1) is 21.0. The van der Waals surface area contributed by atoms with Gasteiger partial charge in [0.2, 0.25) is 0 Å². The first-order valence-electron chi connectivity index (χ1n) is 15.9. The smallest absolute Gasteiger partial charge is 0.518 e. The van der Waals surface area contributed by atoms with Crippen molar-refractivity contribution < 1.29 is 30.5 Å². The number of hydrogen-bond donors (Lipinski definition) is 0. The van der Waals surface area contributed by atoms with Gasteiger partial charge < -0.3 is 14.0 Å². The molecule has 0 fully saturated rings. The Kier molecular flexibility index (Phi) is 8.83. The zero-order valence-corrected chi connectivity index (χ0v) is 31.2. The molecule has 3 heterocycles. The molecule has 3 aromatic carbocycles. The minimum absolute atomic E-state index is 0. The van der Waals surface area contributed by atoms with Gasteiger partial charge in [-0.1, -0.05) is 111 Å². The quantitative estimate of drug-likeness (QED) is 0.170. The Bertz CT molecular complexity index is 1970. The predicted octanol–water partition coefficient (Wildman–Crippen LogP) is 9.97. The maximum Gasteiger partial charge on any atom is 2.00 e. The van der Waals surface area contributed by atoms with Gasteiger partial charge >= 0.3 is 21.1 Å². The molecule has 6 heteroatoms. The van der Waals surface area contributed by atoms with Crippen molar-refractivity contribution in [2.75, 3.05) is 6.61 Å². The van der Waals surface area contributed by atoms with E-state index in [9.17, 15) is 0 Å². The number of aliphatic imine (C=N–C) groups is 1. The van der Waals surface area contributed by atoms with E-state index in [0.717, 1.165) is 38.9 Å². The third-order valence-electron chi connectivity index (χ3n) is 8.86. The Morgan fingerprint density at radius 1 is 0.804 bits per heavy atom. The molecule has 5 nitrogen and oxygen atoms in total. The minimum atomic E-state index is -0.00935. The molecule has 0 aliphatic carbocycles.